The molecule has 4 heteroatoms. The maximum absolute atomic E-state index is 12.4. The minimum atomic E-state index is -0.807. The molecule has 22 heavy (non-hydrogen) atoms. The first-order valence-corrected chi connectivity index (χ1v) is 7.80. The second-order valence-corrected chi connectivity index (χ2v) is 5.74. The first-order chi connectivity index (χ1) is 10.6. The van der Waals surface area contributed by atoms with Crippen LogP contribution in [0.4, 0.5) is 0 Å². The summed E-state index contributed by atoms with van der Waals surface area (Å²) in [5.74, 6) is -1.65. The van der Waals surface area contributed by atoms with Crippen LogP contribution in [0, 0.1) is 5.92 Å². The number of fused-ring (bicyclic) bond motifs is 1. The maximum atomic E-state index is 12.4. The molecule has 1 aliphatic carbocycles. The largest absolute Gasteiger partial charge is 0.463 e. The molecule has 0 amide bonds. The lowest BCUT2D eigenvalue weighted by Crippen LogP contribution is -2.29. The van der Waals surface area contributed by atoms with Gasteiger partial charge in [0.1, 0.15) is 5.78 Å². The summed E-state index contributed by atoms with van der Waals surface area (Å²) >= 11 is 0. The molecule has 0 aromatic heterocycles. The number of ketones is 2. The van der Waals surface area contributed by atoms with E-state index in [1.54, 1.807) is 0 Å². The molecule has 0 N–H and O–H groups in total. The molecular formula is C18H22O4. The van der Waals surface area contributed by atoms with Crippen LogP contribution in [0.25, 0.3) is 0 Å². The van der Waals surface area contributed by atoms with Gasteiger partial charge >= 0.3 is 5.97 Å². The van der Waals surface area contributed by atoms with Crippen LogP contribution >= 0.6 is 0 Å². The smallest absolute Gasteiger partial charge is 0.374 e. The molecule has 2 unspecified atom stereocenters. The van der Waals surface area contributed by atoms with Gasteiger partial charge in [-0.2, -0.15) is 0 Å². The monoisotopic (exact) mass is 302 g/mol. The van der Waals surface area contributed by atoms with Gasteiger partial charge in [0.05, 0.1) is 7.11 Å². The Morgan fingerprint density at radius 2 is 2.00 bits per heavy atom. The summed E-state index contributed by atoms with van der Waals surface area (Å²) < 4.78 is 4.60. The van der Waals surface area contributed by atoms with Gasteiger partial charge in [0.15, 0.2) is 0 Å². The Hall–Kier alpha value is -1.97. The third-order valence-electron chi connectivity index (χ3n) is 4.52. The van der Waals surface area contributed by atoms with Gasteiger partial charge in [-0.3, -0.25) is 9.59 Å². The number of esters is 1. The van der Waals surface area contributed by atoms with Gasteiger partial charge in [-0.1, -0.05) is 31.2 Å². The van der Waals surface area contributed by atoms with Crippen molar-refractivity contribution >= 4 is 17.5 Å². The summed E-state index contributed by atoms with van der Waals surface area (Å²) in [5, 5.41) is 0. The highest BCUT2D eigenvalue weighted by atomic mass is 16.5. The number of benzene rings is 1. The Morgan fingerprint density at radius 1 is 1.27 bits per heavy atom. The van der Waals surface area contributed by atoms with Crippen molar-refractivity contribution in [2.75, 3.05) is 7.11 Å². The van der Waals surface area contributed by atoms with Crippen molar-refractivity contribution in [2.45, 2.75) is 44.9 Å². The highest BCUT2D eigenvalue weighted by Crippen LogP contribution is 2.40. The van der Waals surface area contributed by atoms with E-state index in [4.69, 9.17) is 0 Å². The lowest BCUT2D eigenvalue weighted by molar-refractivity contribution is -0.154. The Balaban J connectivity index is 2.23. The van der Waals surface area contributed by atoms with E-state index in [2.05, 4.69) is 10.8 Å². The first kappa shape index (κ1) is 16.4. The number of ether oxygens (including phenoxy) is 1. The molecule has 2 rings (SSSR count). The SMILES string of the molecule is CCC(=O)CCC(C(=O)C(=O)OC)C1CCc2ccccc21. The van der Waals surface area contributed by atoms with E-state index < -0.39 is 17.7 Å². The maximum Gasteiger partial charge on any atom is 0.374 e. The van der Waals surface area contributed by atoms with Crippen LogP contribution in [-0.2, 0) is 25.5 Å². The summed E-state index contributed by atoms with van der Waals surface area (Å²) in [6.45, 7) is 1.81. The summed E-state index contributed by atoms with van der Waals surface area (Å²) in [4.78, 5) is 35.7. The average Bonchev–Trinajstić information content (AvgIpc) is 2.97. The van der Waals surface area contributed by atoms with Crippen LogP contribution in [0.3, 0.4) is 0 Å². The first-order valence-electron chi connectivity index (χ1n) is 7.80. The number of hydrogen-bond acceptors (Lipinski definition) is 4. The van der Waals surface area contributed by atoms with Crippen molar-refractivity contribution in [3.8, 4) is 0 Å². The highest BCUT2D eigenvalue weighted by molar-refractivity contribution is 6.34. The van der Waals surface area contributed by atoms with Gasteiger partial charge in [-0.25, -0.2) is 4.79 Å². The fraction of sp³-hybridized carbons (Fsp3) is 0.500. The Kier molecular flexibility index (Phi) is 5.47. The van der Waals surface area contributed by atoms with E-state index >= 15 is 0 Å². The Bertz CT molecular complexity index is 576. The quantitative estimate of drug-likeness (QED) is 0.574. The number of aryl methyl sites for hydroxylation is 1. The van der Waals surface area contributed by atoms with Crippen LogP contribution in [-0.4, -0.2) is 24.6 Å². The van der Waals surface area contributed by atoms with Crippen molar-refractivity contribution in [1.29, 1.82) is 0 Å². The molecule has 4 nitrogen and oxygen atoms in total. The molecule has 1 aromatic rings. The molecule has 0 radical (unpaired) electrons. The minimum Gasteiger partial charge on any atom is -0.463 e. The predicted molar refractivity (Wildman–Crippen MR) is 82.5 cm³/mol. The molecule has 0 aliphatic heterocycles. The molecule has 2 atom stereocenters. The van der Waals surface area contributed by atoms with Crippen molar-refractivity contribution in [3.05, 3.63) is 35.4 Å². The van der Waals surface area contributed by atoms with Crippen molar-refractivity contribution in [2.24, 2.45) is 5.92 Å². The Labute approximate surface area is 130 Å². The van der Waals surface area contributed by atoms with Gasteiger partial charge in [-0.05, 0) is 36.3 Å². The third kappa shape index (κ3) is 3.43. The zero-order valence-corrected chi connectivity index (χ0v) is 13.1. The van der Waals surface area contributed by atoms with Crippen LogP contribution < -0.4 is 0 Å². The van der Waals surface area contributed by atoms with Crippen LogP contribution in [0.1, 0.15) is 49.7 Å². The molecule has 1 aliphatic rings. The summed E-state index contributed by atoms with van der Waals surface area (Å²) in [6, 6.07) is 8.02. The molecular weight excluding hydrogens is 280 g/mol. The van der Waals surface area contributed by atoms with Gasteiger partial charge < -0.3 is 4.74 Å². The number of rotatable bonds is 7. The molecule has 0 saturated heterocycles. The number of carbonyl (C=O) groups excluding carboxylic acids is 3. The van der Waals surface area contributed by atoms with Crippen molar-refractivity contribution in [1.82, 2.24) is 0 Å². The lowest BCUT2D eigenvalue weighted by Gasteiger charge is -2.22. The van der Waals surface area contributed by atoms with Crippen molar-refractivity contribution < 1.29 is 19.1 Å². The van der Waals surface area contributed by atoms with E-state index in [1.165, 1.54) is 12.7 Å². The Morgan fingerprint density at radius 3 is 2.68 bits per heavy atom. The molecule has 0 saturated carbocycles. The zero-order chi connectivity index (χ0) is 16.1. The minimum absolute atomic E-state index is 0.00690. The van der Waals surface area contributed by atoms with Crippen molar-refractivity contribution in [3.63, 3.8) is 0 Å². The van der Waals surface area contributed by atoms with Gasteiger partial charge in [0.2, 0.25) is 5.78 Å². The molecule has 0 spiro atoms. The normalized spacial score (nSPS) is 17.6. The second-order valence-electron chi connectivity index (χ2n) is 5.74. The molecule has 0 bridgehead atoms. The number of Topliss-reactive ketones (excluding diaryl/α,β-unsaturated/α-hetero) is 2. The lowest BCUT2D eigenvalue weighted by atomic mass is 9.80. The standard InChI is InChI=1S/C18H22O4/c1-3-13(19)9-11-16(17(20)18(21)22-2)15-10-8-12-6-4-5-7-14(12)15/h4-7,15-16H,3,8-11H2,1-2H3. The summed E-state index contributed by atoms with van der Waals surface area (Å²) in [7, 11) is 1.22. The summed E-state index contributed by atoms with van der Waals surface area (Å²) in [5.41, 5.74) is 2.37. The zero-order valence-electron chi connectivity index (χ0n) is 13.1. The third-order valence-corrected chi connectivity index (χ3v) is 4.52. The van der Waals surface area contributed by atoms with Crippen LogP contribution in [0.5, 0.6) is 0 Å². The molecule has 0 fully saturated rings. The van der Waals surface area contributed by atoms with E-state index in [0.29, 0.717) is 19.3 Å². The fourth-order valence-electron chi connectivity index (χ4n) is 3.27. The van der Waals surface area contributed by atoms with Gasteiger partial charge in [0.25, 0.3) is 0 Å². The van der Waals surface area contributed by atoms with E-state index in [-0.39, 0.29) is 11.7 Å². The van der Waals surface area contributed by atoms with Gasteiger partial charge in [-0.15, -0.1) is 0 Å². The topological polar surface area (TPSA) is 60.4 Å². The molecule has 0 heterocycles. The highest BCUT2D eigenvalue weighted by Gasteiger charge is 2.37. The van der Waals surface area contributed by atoms with E-state index in [0.717, 1.165) is 18.4 Å². The van der Waals surface area contributed by atoms with Crippen LogP contribution in [0.15, 0.2) is 24.3 Å². The molecule has 118 valence electrons. The van der Waals surface area contributed by atoms with E-state index in [1.807, 2.05) is 25.1 Å². The fourth-order valence-corrected chi connectivity index (χ4v) is 3.27. The second kappa shape index (κ2) is 7.34. The predicted octanol–water partition coefficient (Wildman–Crippen LogP) is 2.83. The van der Waals surface area contributed by atoms with Gasteiger partial charge in [0, 0.05) is 18.8 Å². The van der Waals surface area contributed by atoms with E-state index in [9.17, 15) is 14.4 Å². The number of carbonyl (C=O) groups is 3. The molecule has 1 aromatic carbocycles. The average molecular weight is 302 g/mol. The number of methoxy groups -OCH3 is 1. The number of hydrogen-bond donors (Lipinski definition) is 0. The van der Waals surface area contributed by atoms with Crippen LogP contribution in [0.2, 0.25) is 0 Å². The summed E-state index contributed by atoms with van der Waals surface area (Å²) in [6.07, 6.45) is 2.96.